The number of hydrogen-bond donors (Lipinski definition) is 2. The van der Waals surface area contributed by atoms with E-state index in [0.717, 1.165) is 12.1 Å². The number of nitrogens with one attached hydrogen (secondary N) is 1. The highest BCUT2D eigenvalue weighted by Crippen LogP contribution is 2.09. The number of rotatable bonds is 4. The van der Waals surface area contributed by atoms with Gasteiger partial charge in [-0.25, -0.2) is 0 Å². The van der Waals surface area contributed by atoms with E-state index in [1.807, 2.05) is 6.92 Å². The summed E-state index contributed by atoms with van der Waals surface area (Å²) < 4.78 is 0. The van der Waals surface area contributed by atoms with Crippen molar-refractivity contribution in [2.24, 2.45) is 16.8 Å². The van der Waals surface area contributed by atoms with Crippen molar-refractivity contribution in [3.63, 3.8) is 0 Å². The van der Waals surface area contributed by atoms with Crippen LogP contribution in [0.2, 0.25) is 0 Å². The van der Waals surface area contributed by atoms with E-state index in [4.69, 9.17) is 5.84 Å². The van der Waals surface area contributed by atoms with E-state index < -0.39 is 0 Å². The van der Waals surface area contributed by atoms with E-state index >= 15 is 0 Å². The van der Waals surface area contributed by atoms with Crippen LogP contribution in [0.3, 0.4) is 0 Å². The van der Waals surface area contributed by atoms with Gasteiger partial charge in [-0.15, -0.1) is 0 Å². The lowest BCUT2D eigenvalue weighted by Crippen LogP contribution is -2.14. The molecule has 64 valence electrons. The van der Waals surface area contributed by atoms with Crippen LogP contribution in [0.4, 0.5) is 0 Å². The lowest BCUT2D eigenvalue weighted by molar-refractivity contribution is 0.634. The Morgan fingerprint density at radius 1 is 1.64 bits per heavy atom. The second-order valence-corrected chi connectivity index (χ2v) is 2.79. The van der Waals surface area contributed by atoms with Gasteiger partial charge in [0.25, 0.3) is 0 Å². The minimum atomic E-state index is 0.610. The summed E-state index contributed by atoms with van der Waals surface area (Å²) in [6, 6.07) is 0. The minimum Gasteiger partial charge on any atom is -0.330 e. The Hall–Kier alpha value is -0.830. The molecule has 0 radical (unpaired) electrons. The van der Waals surface area contributed by atoms with Crippen LogP contribution in [0, 0.1) is 5.92 Å². The van der Waals surface area contributed by atoms with Gasteiger partial charge < -0.3 is 5.43 Å². The monoisotopic (exact) mass is 155 g/mol. The normalized spacial score (nSPS) is 13.0. The number of nitrogens with zero attached hydrogens (tertiary/aromatic N) is 1. The fourth-order valence-electron chi connectivity index (χ4n) is 0.829. The van der Waals surface area contributed by atoms with E-state index in [2.05, 4.69) is 24.3 Å². The van der Waals surface area contributed by atoms with Crippen LogP contribution in [0.5, 0.6) is 0 Å². The van der Waals surface area contributed by atoms with E-state index in [1.54, 1.807) is 12.4 Å². The van der Waals surface area contributed by atoms with Gasteiger partial charge in [-0.2, -0.15) is 0 Å². The standard InChI is InChI=1S/C8H17N3/c1-4-10-8(6-11-9)5-7(2)3/h4,6-7,11H,5,9H2,1-3H3/b8-6-,10-4?. The molecule has 0 aromatic carbocycles. The van der Waals surface area contributed by atoms with Crippen LogP contribution < -0.4 is 11.3 Å². The molecular formula is C8H17N3. The molecule has 0 aliphatic heterocycles. The van der Waals surface area contributed by atoms with E-state index in [0.29, 0.717) is 5.92 Å². The molecule has 0 fully saturated rings. The number of allylic oxidation sites excluding steroid dienone is 1. The first-order valence-corrected chi connectivity index (χ1v) is 3.84. The summed E-state index contributed by atoms with van der Waals surface area (Å²) in [7, 11) is 0. The van der Waals surface area contributed by atoms with Crippen LogP contribution >= 0.6 is 0 Å². The molecule has 11 heavy (non-hydrogen) atoms. The zero-order chi connectivity index (χ0) is 8.69. The summed E-state index contributed by atoms with van der Waals surface area (Å²) in [5.74, 6) is 5.74. The van der Waals surface area contributed by atoms with Crippen molar-refractivity contribution in [3.8, 4) is 0 Å². The van der Waals surface area contributed by atoms with Crippen molar-refractivity contribution in [1.82, 2.24) is 5.43 Å². The summed E-state index contributed by atoms with van der Waals surface area (Å²) in [4.78, 5) is 4.15. The van der Waals surface area contributed by atoms with E-state index in [-0.39, 0.29) is 0 Å². The first kappa shape index (κ1) is 10.2. The Labute approximate surface area is 68.4 Å². The SMILES string of the molecule is CC=N/C(=C\NN)CC(C)C. The number of hydrazine groups is 1. The lowest BCUT2D eigenvalue weighted by atomic mass is 10.1. The largest absolute Gasteiger partial charge is 0.330 e. The van der Waals surface area contributed by atoms with Crippen LogP contribution in [0.15, 0.2) is 16.9 Å². The maximum atomic E-state index is 5.14. The fourth-order valence-corrected chi connectivity index (χ4v) is 0.829. The summed E-state index contributed by atoms with van der Waals surface area (Å²) in [5.41, 5.74) is 3.47. The highest BCUT2D eigenvalue weighted by atomic mass is 15.2. The maximum absolute atomic E-state index is 5.14. The van der Waals surface area contributed by atoms with Gasteiger partial charge in [0.1, 0.15) is 0 Å². The van der Waals surface area contributed by atoms with Crippen LogP contribution in [-0.2, 0) is 0 Å². The van der Waals surface area contributed by atoms with Crippen molar-refractivity contribution in [1.29, 1.82) is 0 Å². The Balaban J connectivity index is 4.00. The van der Waals surface area contributed by atoms with E-state index in [9.17, 15) is 0 Å². The van der Waals surface area contributed by atoms with Gasteiger partial charge in [0.05, 0.1) is 5.70 Å². The molecule has 0 saturated heterocycles. The average molecular weight is 155 g/mol. The molecule has 0 bridgehead atoms. The first-order chi connectivity index (χ1) is 5.20. The lowest BCUT2D eigenvalue weighted by Gasteiger charge is -2.04. The number of aliphatic imine (C=N–C) groups is 1. The zero-order valence-electron chi connectivity index (χ0n) is 7.46. The Kier molecular flexibility index (Phi) is 5.47. The summed E-state index contributed by atoms with van der Waals surface area (Å²) in [5, 5.41) is 0. The van der Waals surface area contributed by atoms with Crippen LogP contribution in [0.1, 0.15) is 27.2 Å². The zero-order valence-corrected chi connectivity index (χ0v) is 7.46. The molecule has 0 aliphatic rings. The van der Waals surface area contributed by atoms with Gasteiger partial charge in [0, 0.05) is 12.4 Å². The maximum Gasteiger partial charge on any atom is 0.0572 e. The second kappa shape index (κ2) is 5.92. The molecular weight excluding hydrogens is 138 g/mol. The average Bonchev–Trinajstić information content (AvgIpc) is 1.87. The molecule has 0 amide bonds. The van der Waals surface area contributed by atoms with Crippen molar-refractivity contribution >= 4 is 6.21 Å². The predicted molar refractivity (Wildman–Crippen MR) is 49.0 cm³/mol. The Morgan fingerprint density at radius 3 is 2.64 bits per heavy atom. The smallest absolute Gasteiger partial charge is 0.0572 e. The van der Waals surface area contributed by atoms with Crippen molar-refractivity contribution in [3.05, 3.63) is 11.9 Å². The molecule has 0 aliphatic carbocycles. The highest BCUT2D eigenvalue weighted by molar-refractivity contribution is 5.55. The Bertz CT molecular complexity index is 147. The molecule has 0 atom stereocenters. The van der Waals surface area contributed by atoms with Gasteiger partial charge in [-0.1, -0.05) is 13.8 Å². The predicted octanol–water partition coefficient (Wildman–Crippen LogP) is 1.43. The molecule has 3 nitrogen and oxygen atoms in total. The Morgan fingerprint density at radius 2 is 2.27 bits per heavy atom. The van der Waals surface area contributed by atoms with Gasteiger partial charge in [-0.05, 0) is 19.3 Å². The molecule has 0 aromatic rings. The first-order valence-electron chi connectivity index (χ1n) is 3.84. The summed E-state index contributed by atoms with van der Waals surface area (Å²) in [6.07, 6.45) is 4.44. The molecule has 3 N–H and O–H groups in total. The van der Waals surface area contributed by atoms with Crippen molar-refractivity contribution < 1.29 is 0 Å². The topological polar surface area (TPSA) is 50.4 Å². The third-order valence-corrected chi connectivity index (χ3v) is 1.16. The molecule has 0 rings (SSSR count). The molecule has 0 spiro atoms. The molecule has 0 heterocycles. The number of nitrogens with two attached hydrogens (primary N) is 1. The van der Waals surface area contributed by atoms with Gasteiger partial charge in [0.15, 0.2) is 0 Å². The second-order valence-electron chi connectivity index (χ2n) is 2.79. The van der Waals surface area contributed by atoms with Gasteiger partial charge in [0.2, 0.25) is 0 Å². The third kappa shape index (κ3) is 5.61. The summed E-state index contributed by atoms with van der Waals surface area (Å²) >= 11 is 0. The molecule has 0 unspecified atom stereocenters. The van der Waals surface area contributed by atoms with Crippen LogP contribution in [-0.4, -0.2) is 6.21 Å². The van der Waals surface area contributed by atoms with Gasteiger partial charge >= 0.3 is 0 Å². The number of hydrogen-bond acceptors (Lipinski definition) is 3. The van der Waals surface area contributed by atoms with Crippen molar-refractivity contribution in [2.45, 2.75) is 27.2 Å². The highest BCUT2D eigenvalue weighted by Gasteiger charge is 1.97. The minimum absolute atomic E-state index is 0.610. The molecule has 3 heteroatoms. The molecule has 0 aromatic heterocycles. The molecule has 0 saturated carbocycles. The third-order valence-electron chi connectivity index (χ3n) is 1.16. The van der Waals surface area contributed by atoms with Crippen LogP contribution in [0.25, 0.3) is 0 Å². The van der Waals surface area contributed by atoms with Gasteiger partial charge in [-0.3, -0.25) is 10.8 Å². The van der Waals surface area contributed by atoms with E-state index in [1.165, 1.54) is 0 Å². The fraction of sp³-hybridized carbons (Fsp3) is 0.625. The quantitative estimate of drug-likeness (QED) is 0.366. The van der Waals surface area contributed by atoms with Crippen molar-refractivity contribution in [2.75, 3.05) is 0 Å². The summed E-state index contributed by atoms with van der Waals surface area (Å²) in [6.45, 7) is 6.19.